The number of hydrogen-bond donors (Lipinski definition) is 2. The van der Waals surface area contributed by atoms with E-state index in [1.165, 1.54) is 11.3 Å². The molecule has 1 saturated heterocycles. The molecule has 1 aromatic rings. The third-order valence-corrected chi connectivity index (χ3v) is 4.85. The number of carbonyl (C=O) groups excluding carboxylic acids is 1. The smallest absolute Gasteiger partial charge is 0.262 e. The molecule has 19 heavy (non-hydrogen) atoms. The minimum atomic E-state index is -0.0137. The lowest BCUT2D eigenvalue weighted by Crippen LogP contribution is -2.37. The maximum Gasteiger partial charge on any atom is 0.262 e. The fraction of sp³-hybridized carbons (Fsp3) is 0.500. The summed E-state index contributed by atoms with van der Waals surface area (Å²) in [4.78, 5) is 12.9. The van der Waals surface area contributed by atoms with Crippen LogP contribution >= 0.6 is 23.1 Å². The Morgan fingerprint density at radius 2 is 2.26 bits per heavy atom. The van der Waals surface area contributed by atoms with Crippen molar-refractivity contribution in [2.75, 3.05) is 18.1 Å². The summed E-state index contributed by atoms with van der Waals surface area (Å²) in [5.41, 5.74) is 0.765. The molecule has 0 spiro atoms. The zero-order chi connectivity index (χ0) is 13.5. The highest BCUT2D eigenvalue weighted by Crippen LogP contribution is 2.20. The van der Waals surface area contributed by atoms with Crippen LogP contribution in [0.15, 0.2) is 11.4 Å². The minimum Gasteiger partial charge on any atom is -0.395 e. The number of aliphatic hydroxyl groups is 1. The van der Waals surface area contributed by atoms with Crippen LogP contribution in [0.2, 0.25) is 0 Å². The molecule has 1 aliphatic heterocycles. The van der Waals surface area contributed by atoms with Gasteiger partial charge in [-0.1, -0.05) is 11.8 Å². The van der Waals surface area contributed by atoms with Gasteiger partial charge in [0.2, 0.25) is 0 Å². The van der Waals surface area contributed by atoms with Gasteiger partial charge in [-0.05, 0) is 35.8 Å². The summed E-state index contributed by atoms with van der Waals surface area (Å²) in [6, 6.07) is 2.16. The Bertz CT molecular complexity index is 481. The van der Waals surface area contributed by atoms with Crippen molar-refractivity contribution in [1.29, 1.82) is 0 Å². The number of nitrogens with one attached hydrogen (secondary N) is 1. The summed E-state index contributed by atoms with van der Waals surface area (Å²) < 4.78 is 0. The predicted molar refractivity (Wildman–Crippen MR) is 80.7 cm³/mol. The lowest BCUT2D eigenvalue weighted by Gasteiger charge is -2.22. The number of thiophene rings is 1. The molecule has 0 aromatic carbocycles. The van der Waals surface area contributed by atoms with Crippen LogP contribution in [0.5, 0.6) is 0 Å². The summed E-state index contributed by atoms with van der Waals surface area (Å²) in [6.07, 6.45) is 2.54. The van der Waals surface area contributed by atoms with Gasteiger partial charge in [0.05, 0.1) is 6.61 Å². The highest BCUT2D eigenvalue weighted by atomic mass is 32.2. The Hall–Kier alpha value is -0.960. The average molecular weight is 295 g/mol. The van der Waals surface area contributed by atoms with Crippen molar-refractivity contribution in [3.05, 3.63) is 21.9 Å². The van der Waals surface area contributed by atoms with E-state index in [9.17, 15) is 4.79 Å². The first-order chi connectivity index (χ1) is 9.31. The first kappa shape index (κ1) is 14.4. The van der Waals surface area contributed by atoms with Gasteiger partial charge in [-0.3, -0.25) is 4.79 Å². The Balaban J connectivity index is 1.99. The SMILES string of the molecule is O=C(NC1CCSCC1)c1sccc1C#CCCO. The van der Waals surface area contributed by atoms with E-state index in [0.717, 1.165) is 29.9 Å². The van der Waals surface area contributed by atoms with Crippen LogP contribution in [-0.2, 0) is 0 Å². The van der Waals surface area contributed by atoms with Gasteiger partial charge in [0.15, 0.2) is 0 Å². The van der Waals surface area contributed by atoms with E-state index >= 15 is 0 Å². The number of thioether (sulfide) groups is 1. The summed E-state index contributed by atoms with van der Waals surface area (Å²) in [5.74, 6) is 8.04. The lowest BCUT2D eigenvalue weighted by molar-refractivity contribution is 0.0939. The molecule has 2 N–H and O–H groups in total. The normalized spacial score (nSPS) is 15.6. The summed E-state index contributed by atoms with van der Waals surface area (Å²) >= 11 is 3.37. The van der Waals surface area contributed by atoms with Crippen LogP contribution in [0.1, 0.15) is 34.5 Å². The van der Waals surface area contributed by atoms with Crippen molar-refractivity contribution in [3.63, 3.8) is 0 Å². The van der Waals surface area contributed by atoms with E-state index in [1.54, 1.807) is 0 Å². The molecule has 1 fully saturated rings. The molecule has 2 rings (SSSR count). The standard InChI is InChI=1S/C14H17NO2S2/c16-7-2-1-3-11-4-10-19-13(11)14(17)15-12-5-8-18-9-6-12/h4,10,12,16H,2,5-9H2,(H,15,17). The van der Waals surface area contributed by atoms with Gasteiger partial charge < -0.3 is 10.4 Å². The second-order valence-electron chi connectivity index (χ2n) is 4.30. The third-order valence-electron chi connectivity index (χ3n) is 2.89. The number of rotatable bonds is 3. The molecular weight excluding hydrogens is 278 g/mol. The zero-order valence-corrected chi connectivity index (χ0v) is 12.3. The van der Waals surface area contributed by atoms with Crippen LogP contribution in [0.25, 0.3) is 0 Å². The Labute approximate surface area is 121 Å². The molecular formula is C14H17NO2S2. The second-order valence-corrected chi connectivity index (χ2v) is 6.44. The molecule has 1 aliphatic rings. The molecule has 3 nitrogen and oxygen atoms in total. The summed E-state index contributed by atoms with van der Waals surface area (Å²) in [7, 11) is 0. The van der Waals surface area contributed by atoms with Crippen LogP contribution in [0.3, 0.4) is 0 Å². The van der Waals surface area contributed by atoms with E-state index in [2.05, 4.69) is 17.2 Å². The second kappa shape index (κ2) is 7.59. The lowest BCUT2D eigenvalue weighted by atomic mass is 10.1. The Morgan fingerprint density at radius 3 is 3.00 bits per heavy atom. The predicted octanol–water partition coefficient (Wildman–Crippen LogP) is 2.11. The van der Waals surface area contributed by atoms with Crippen molar-refractivity contribution >= 4 is 29.0 Å². The van der Waals surface area contributed by atoms with Crippen molar-refractivity contribution in [1.82, 2.24) is 5.32 Å². The number of aliphatic hydroxyl groups excluding tert-OH is 1. The van der Waals surface area contributed by atoms with Gasteiger partial charge in [0.1, 0.15) is 4.88 Å². The maximum atomic E-state index is 12.2. The van der Waals surface area contributed by atoms with E-state index in [4.69, 9.17) is 5.11 Å². The van der Waals surface area contributed by atoms with Crippen LogP contribution in [0, 0.1) is 11.8 Å². The van der Waals surface area contributed by atoms with Crippen LogP contribution < -0.4 is 5.32 Å². The van der Waals surface area contributed by atoms with Crippen molar-refractivity contribution in [3.8, 4) is 11.8 Å². The number of carbonyl (C=O) groups is 1. The van der Waals surface area contributed by atoms with E-state index in [1.807, 2.05) is 23.2 Å². The Kier molecular flexibility index (Phi) is 5.77. The van der Waals surface area contributed by atoms with Crippen molar-refractivity contribution in [2.45, 2.75) is 25.3 Å². The van der Waals surface area contributed by atoms with E-state index in [-0.39, 0.29) is 12.5 Å². The van der Waals surface area contributed by atoms with Gasteiger partial charge in [0.25, 0.3) is 5.91 Å². The average Bonchev–Trinajstić information content (AvgIpc) is 2.89. The molecule has 1 aromatic heterocycles. The van der Waals surface area contributed by atoms with Crippen molar-refractivity contribution < 1.29 is 9.90 Å². The molecule has 0 unspecified atom stereocenters. The first-order valence-electron chi connectivity index (χ1n) is 6.37. The molecule has 0 saturated carbocycles. The third kappa shape index (κ3) is 4.27. The highest BCUT2D eigenvalue weighted by molar-refractivity contribution is 7.99. The molecule has 0 bridgehead atoms. The molecule has 2 heterocycles. The largest absolute Gasteiger partial charge is 0.395 e. The highest BCUT2D eigenvalue weighted by Gasteiger charge is 2.19. The molecule has 0 aliphatic carbocycles. The molecule has 0 atom stereocenters. The Morgan fingerprint density at radius 1 is 1.47 bits per heavy atom. The molecule has 102 valence electrons. The summed E-state index contributed by atoms with van der Waals surface area (Å²) in [5, 5.41) is 13.7. The van der Waals surface area contributed by atoms with Gasteiger partial charge in [-0.25, -0.2) is 0 Å². The van der Waals surface area contributed by atoms with Crippen LogP contribution in [-0.4, -0.2) is 35.2 Å². The fourth-order valence-electron chi connectivity index (χ4n) is 1.89. The van der Waals surface area contributed by atoms with Gasteiger partial charge >= 0.3 is 0 Å². The molecule has 0 radical (unpaired) electrons. The summed E-state index contributed by atoms with van der Waals surface area (Å²) in [6.45, 7) is 0.0540. The monoisotopic (exact) mass is 295 g/mol. The minimum absolute atomic E-state index is 0.0137. The maximum absolute atomic E-state index is 12.2. The van der Waals surface area contributed by atoms with Gasteiger partial charge in [-0.2, -0.15) is 11.8 Å². The zero-order valence-electron chi connectivity index (χ0n) is 10.6. The van der Waals surface area contributed by atoms with Gasteiger partial charge in [0, 0.05) is 18.0 Å². The molecule has 1 amide bonds. The first-order valence-corrected chi connectivity index (χ1v) is 8.40. The van der Waals surface area contributed by atoms with Gasteiger partial charge in [-0.15, -0.1) is 11.3 Å². The topological polar surface area (TPSA) is 49.3 Å². The van der Waals surface area contributed by atoms with E-state index < -0.39 is 0 Å². The molecule has 5 heteroatoms. The number of amides is 1. The number of hydrogen-bond acceptors (Lipinski definition) is 4. The quantitative estimate of drug-likeness (QED) is 0.840. The van der Waals surface area contributed by atoms with Crippen LogP contribution in [0.4, 0.5) is 0 Å². The fourth-order valence-corrected chi connectivity index (χ4v) is 3.75. The van der Waals surface area contributed by atoms with Crippen molar-refractivity contribution in [2.24, 2.45) is 0 Å². The van der Waals surface area contributed by atoms with E-state index in [0.29, 0.717) is 17.3 Å².